The maximum Gasteiger partial charge on any atom is 0.246 e. The van der Waals surface area contributed by atoms with Crippen LogP contribution in [0.4, 0.5) is 5.69 Å². The van der Waals surface area contributed by atoms with E-state index >= 15 is 0 Å². The first-order valence-corrected chi connectivity index (χ1v) is 9.94. The van der Waals surface area contributed by atoms with E-state index in [1.54, 1.807) is 30.2 Å². The third-order valence-corrected chi connectivity index (χ3v) is 4.64. The Morgan fingerprint density at radius 2 is 1.94 bits per heavy atom. The van der Waals surface area contributed by atoms with E-state index in [0.29, 0.717) is 13.1 Å². The van der Waals surface area contributed by atoms with Gasteiger partial charge in [-0.25, -0.2) is 0 Å². The molecule has 0 aliphatic rings. The number of guanidine groups is 1. The minimum Gasteiger partial charge on any atom is -0.352 e. The molecule has 0 saturated heterocycles. The molecule has 2 N–H and O–H groups in total. The molecular weight excluding hydrogens is 527 g/mol. The molecule has 0 radical (unpaired) electrons. The number of nitrogens with zero attached hydrogens (tertiary/aromatic N) is 4. The number of nitrogens with one attached hydrogen (secondary N) is 2. The van der Waals surface area contributed by atoms with E-state index in [0.717, 1.165) is 27.8 Å². The molecule has 0 fully saturated rings. The lowest BCUT2D eigenvalue weighted by molar-refractivity contribution is -0.116. The molecule has 0 unspecified atom stereocenters. The van der Waals surface area contributed by atoms with Gasteiger partial charge < -0.3 is 15.5 Å². The number of hydrogen-bond donors (Lipinski definition) is 2. The maximum absolute atomic E-state index is 12.2. The first kappa shape index (κ1) is 24.7. The third-order valence-electron chi connectivity index (χ3n) is 4.41. The number of aliphatic imine (C=N–C) groups is 1. The van der Waals surface area contributed by atoms with Crippen LogP contribution in [0, 0.1) is 0 Å². The Labute approximate surface area is 204 Å². The van der Waals surface area contributed by atoms with Crippen LogP contribution >= 0.6 is 35.6 Å². The molecule has 31 heavy (non-hydrogen) atoms. The van der Waals surface area contributed by atoms with Gasteiger partial charge in [0, 0.05) is 50.3 Å². The summed E-state index contributed by atoms with van der Waals surface area (Å²) in [4.78, 5) is 18.5. The molecule has 0 aliphatic heterocycles. The molecule has 3 rings (SSSR count). The normalized spacial score (nSPS) is 10.9. The average molecular weight is 553 g/mol. The number of amides is 1. The minimum absolute atomic E-state index is 0. The van der Waals surface area contributed by atoms with Crippen molar-refractivity contribution in [1.29, 1.82) is 0 Å². The maximum atomic E-state index is 12.2. The van der Waals surface area contributed by atoms with Crippen molar-refractivity contribution in [3.05, 3.63) is 83.1 Å². The molecule has 0 bridgehead atoms. The largest absolute Gasteiger partial charge is 0.352 e. The second-order valence-electron chi connectivity index (χ2n) is 6.84. The summed E-state index contributed by atoms with van der Waals surface area (Å²) in [5.74, 6) is 0.643. The van der Waals surface area contributed by atoms with Crippen molar-refractivity contribution in [3.63, 3.8) is 0 Å². The Hall–Kier alpha value is -2.59. The summed E-state index contributed by atoms with van der Waals surface area (Å²) in [5.41, 5.74) is 2.88. The van der Waals surface area contributed by atoms with Gasteiger partial charge in [0.25, 0.3) is 0 Å². The Bertz CT molecular complexity index is 1010. The molecule has 0 aliphatic carbocycles. The van der Waals surface area contributed by atoms with Crippen molar-refractivity contribution in [2.24, 2.45) is 4.99 Å². The second kappa shape index (κ2) is 12.3. The molecule has 0 saturated carbocycles. The summed E-state index contributed by atoms with van der Waals surface area (Å²) in [5, 5.41) is 11.0. The van der Waals surface area contributed by atoms with Crippen molar-refractivity contribution in [2.45, 2.75) is 19.6 Å². The smallest absolute Gasteiger partial charge is 0.246 e. The van der Waals surface area contributed by atoms with E-state index in [4.69, 9.17) is 11.6 Å². The highest BCUT2D eigenvalue weighted by Crippen LogP contribution is 2.13. The SMILES string of the molecule is CN=C(NCc1cccc(NC(=O)Cn2cccn2)c1)N(C)Cc1cccc(Cl)c1.I. The average Bonchev–Trinajstić information content (AvgIpc) is 3.21. The predicted molar refractivity (Wildman–Crippen MR) is 136 cm³/mol. The van der Waals surface area contributed by atoms with E-state index in [1.165, 1.54) is 0 Å². The molecule has 3 aromatic rings. The molecule has 7 nitrogen and oxygen atoms in total. The fourth-order valence-corrected chi connectivity index (χ4v) is 3.26. The van der Waals surface area contributed by atoms with Crippen molar-refractivity contribution >= 4 is 53.1 Å². The Morgan fingerprint density at radius 3 is 2.65 bits per heavy atom. The van der Waals surface area contributed by atoms with Gasteiger partial charge in [0.1, 0.15) is 6.54 Å². The van der Waals surface area contributed by atoms with Crippen LogP contribution in [0.1, 0.15) is 11.1 Å². The molecule has 1 aromatic heterocycles. The molecule has 164 valence electrons. The number of benzene rings is 2. The van der Waals surface area contributed by atoms with Gasteiger partial charge in [-0.1, -0.05) is 35.9 Å². The summed E-state index contributed by atoms with van der Waals surface area (Å²) in [7, 11) is 3.73. The standard InChI is InChI=1S/C22H25ClN6O.HI/c1-24-22(28(2)15-18-7-3-8-19(23)12-18)25-14-17-6-4-9-20(13-17)27-21(30)16-29-11-5-10-26-29;/h3-13H,14-16H2,1-2H3,(H,24,25)(H,27,30);1H. The van der Waals surface area contributed by atoms with Crippen LogP contribution < -0.4 is 10.6 Å². The monoisotopic (exact) mass is 552 g/mol. The van der Waals surface area contributed by atoms with Crippen LogP contribution in [0.2, 0.25) is 5.02 Å². The lowest BCUT2D eigenvalue weighted by atomic mass is 10.2. The molecule has 2 aromatic carbocycles. The number of anilines is 1. The van der Waals surface area contributed by atoms with Crippen molar-refractivity contribution < 1.29 is 4.79 Å². The fourth-order valence-electron chi connectivity index (χ4n) is 3.05. The van der Waals surface area contributed by atoms with Gasteiger partial charge in [0.2, 0.25) is 5.91 Å². The molecular formula is C22H26ClIN6O. The third kappa shape index (κ3) is 7.87. The van der Waals surface area contributed by atoms with E-state index in [1.807, 2.05) is 60.5 Å². The highest BCUT2D eigenvalue weighted by atomic mass is 127. The summed E-state index contributed by atoms with van der Waals surface area (Å²) in [6, 6.07) is 17.3. The second-order valence-corrected chi connectivity index (χ2v) is 7.28. The van der Waals surface area contributed by atoms with Crippen LogP contribution in [-0.4, -0.2) is 40.6 Å². The van der Waals surface area contributed by atoms with E-state index < -0.39 is 0 Å². The fraction of sp³-hybridized carbons (Fsp3) is 0.227. The molecule has 0 spiro atoms. The van der Waals surface area contributed by atoms with E-state index in [2.05, 4.69) is 20.7 Å². The number of carbonyl (C=O) groups excluding carboxylic acids is 1. The minimum atomic E-state index is -0.124. The van der Waals surface area contributed by atoms with Crippen LogP contribution in [0.25, 0.3) is 0 Å². The zero-order valence-electron chi connectivity index (χ0n) is 17.5. The summed E-state index contributed by atoms with van der Waals surface area (Å²) >= 11 is 6.07. The highest BCUT2D eigenvalue weighted by Gasteiger charge is 2.08. The van der Waals surface area contributed by atoms with Gasteiger partial charge in [-0.2, -0.15) is 5.10 Å². The van der Waals surface area contributed by atoms with Crippen molar-refractivity contribution in [3.8, 4) is 0 Å². The number of hydrogen-bond acceptors (Lipinski definition) is 3. The summed E-state index contributed by atoms with van der Waals surface area (Å²) in [6.07, 6.45) is 3.40. The Balaban J connectivity index is 0.00000341. The van der Waals surface area contributed by atoms with Crippen LogP contribution in [-0.2, 0) is 24.4 Å². The Kier molecular flexibility index (Phi) is 9.80. The highest BCUT2D eigenvalue weighted by molar-refractivity contribution is 14.0. The van der Waals surface area contributed by atoms with Gasteiger partial charge in [0.05, 0.1) is 0 Å². The Morgan fingerprint density at radius 1 is 1.16 bits per heavy atom. The zero-order valence-corrected chi connectivity index (χ0v) is 20.5. The number of carbonyl (C=O) groups is 1. The van der Waals surface area contributed by atoms with Crippen LogP contribution in [0.15, 0.2) is 72.0 Å². The van der Waals surface area contributed by atoms with Gasteiger partial charge in [-0.05, 0) is 41.5 Å². The molecule has 9 heteroatoms. The zero-order chi connectivity index (χ0) is 21.3. The van der Waals surface area contributed by atoms with Gasteiger partial charge in [0.15, 0.2) is 5.96 Å². The van der Waals surface area contributed by atoms with Crippen molar-refractivity contribution in [2.75, 3.05) is 19.4 Å². The quantitative estimate of drug-likeness (QED) is 0.264. The summed E-state index contributed by atoms with van der Waals surface area (Å²) < 4.78 is 1.58. The lowest BCUT2D eigenvalue weighted by Gasteiger charge is -2.22. The first-order chi connectivity index (χ1) is 14.5. The topological polar surface area (TPSA) is 74.5 Å². The first-order valence-electron chi connectivity index (χ1n) is 9.56. The summed E-state index contributed by atoms with van der Waals surface area (Å²) in [6.45, 7) is 1.44. The van der Waals surface area contributed by atoms with Crippen LogP contribution in [0.5, 0.6) is 0 Å². The van der Waals surface area contributed by atoms with E-state index in [9.17, 15) is 4.79 Å². The molecule has 1 heterocycles. The van der Waals surface area contributed by atoms with Gasteiger partial charge >= 0.3 is 0 Å². The van der Waals surface area contributed by atoms with Gasteiger partial charge in [-0.3, -0.25) is 14.5 Å². The van der Waals surface area contributed by atoms with E-state index in [-0.39, 0.29) is 36.4 Å². The predicted octanol–water partition coefficient (Wildman–Crippen LogP) is 4.00. The number of rotatable bonds is 7. The molecule has 0 atom stereocenters. The van der Waals surface area contributed by atoms with Crippen LogP contribution in [0.3, 0.4) is 0 Å². The van der Waals surface area contributed by atoms with Gasteiger partial charge in [-0.15, -0.1) is 24.0 Å². The van der Waals surface area contributed by atoms with Crippen molar-refractivity contribution in [1.82, 2.24) is 20.0 Å². The lowest BCUT2D eigenvalue weighted by Crippen LogP contribution is -2.38. The number of aromatic nitrogens is 2. The molecule has 1 amide bonds. The number of halogens is 2.